The molecule has 1 aromatic heterocycles. The summed E-state index contributed by atoms with van der Waals surface area (Å²) in [5.41, 5.74) is 6.15. The zero-order valence-electron chi connectivity index (χ0n) is 20.5. The number of nitrogens with zero attached hydrogens (tertiary/aromatic N) is 3. The molecule has 38 heavy (non-hydrogen) atoms. The van der Waals surface area contributed by atoms with E-state index in [1.807, 2.05) is 0 Å². The predicted molar refractivity (Wildman–Crippen MR) is 128 cm³/mol. The molecule has 2 atom stereocenters. The molecule has 2 heterocycles. The fourth-order valence-electron chi connectivity index (χ4n) is 4.58. The molecule has 1 saturated carbocycles. The molecule has 0 unspecified atom stereocenters. The summed E-state index contributed by atoms with van der Waals surface area (Å²) in [7, 11) is 0. The normalized spacial score (nSPS) is 18.6. The maximum Gasteiger partial charge on any atom is 0.573 e. The molecule has 2 fully saturated rings. The van der Waals surface area contributed by atoms with Gasteiger partial charge >= 0.3 is 6.36 Å². The standard InChI is InChI=1S/C26H26F3N5O4/c1-16-13-18(32-15-31-16)6-7-19(14-22(30)35)33-23(36)21-3-2-12-34(21)24(37)25(10-11-25)17-4-8-20(9-5-17)38-26(27,28)29/h4-5,8-9,13,15,19,21H,2-3,10-12,14H2,1H3,(H2,30,35)(H,33,36)/t19-,21+/m1/s1. The van der Waals surface area contributed by atoms with Crippen LogP contribution in [0, 0.1) is 18.8 Å². The Morgan fingerprint density at radius 1 is 1.24 bits per heavy atom. The number of nitrogens with one attached hydrogen (secondary N) is 1. The van der Waals surface area contributed by atoms with Crippen molar-refractivity contribution in [3.05, 3.63) is 53.6 Å². The lowest BCUT2D eigenvalue weighted by Crippen LogP contribution is -2.51. The molecule has 0 radical (unpaired) electrons. The zero-order chi connectivity index (χ0) is 27.5. The highest BCUT2D eigenvalue weighted by molar-refractivity contribution is 5.96. The first kappa shape index (κ1) is 26.9. The minimum Gasteiger partial charge on any atom is -0.406 e. The molecule has 200 valence electrons. The minimum atomic E-state index is -4.81. The van der Waals surface area contributed by atoms with Crippen LogP contribution in [0.3, 0.4) is 0 Å². The number of primary amides is 1. The Hall–Kier alpha value is -4.14. The Balaban J connectivity index is 1.47. The van der Waals surface area contributed by atoms with E-state index in [0.717, 1.165) is 0 Å². The Kier molecular flexibility index (Phi) is 7.57. The Bertz CT molecular complexity index is 1280. The van der Waals surface area contributed by atoms with Crippen molar-refractivity contribution in [2.75, 3.05) is 6.54 Å². The topological polar surface area (TPSA) is 128 Å². The lowest BCUT2D eigenvalue weighted by Gasteiger charge is -2.29. The summed E-state index contributed by atoms with van der Waals surface area (Å²) in [6.07, 6.45) is -1.62. The number of rotatable bonds is 7. The third-order valence-electron chi connectivity index (χ3n) is 6.52. The lowest BCUT2D eigenvalue weighted by molar-refractivity contribution is -0.274. The van der Waals surface area contributed by atoms with Crippen LogP contribution in [0.15, 0.2) is 36.7 Å². The van der Waals surface area contributed by atoms with Gasteiger partial charge in [0.1, 0.15) is 23.8 Å². The number of likely N-dealkylation sites (tertiary alicyclic amines) is 1. The molecule has 0 spiro atoms. The van der Waals surface area contributed by atoms with Crippen LogP contribution in [0.1, 0.15) is 49.1 Å². The van der Waals surface area contributed by atoms with E-state index in [0.29, 0.717) is 49.2 Å². The van der Waals surface area contributed by atoms with Crippen LogP contribution in [0.5, 0.6) is 5.75 Å². The van der Waals surface area contributed by atoms with Crippen molar-refractivity contribution in [1.29, 1.82) is 0 Å². The van der Waals surface area contributed by atoms with Crippen LogP contribution < -0.4 is 15.8 Å². The molecule has 1 saturated heterocycles. The molecule has 3 amide bonds. The number of carbonyl (C=O) groups excluding carboxylic acids is 3. The van der Waals surface area contributed by atoms with E-state index >= 15 is 0 Å². The van der Waals surface area contributed by atoms with Crippen molar-refractivity contribution in [2.45, 2.75) is 62.9 Å². The second kappa shape index (κ2) is 10.7. The summed E-state index contributed by atoms with van der Waals surface area (Å²) >= 11 is 0. The molecule has 4 rings (SSSR count). The monoisotopic (exact) mass is 529 g/mol. The maximum absolute atomic E-state index is 13.6. The van der Waals surface area contributed by atoms with Crippen LogP contribution in [0.25, 0.3) is 0 Å². The number of benzene rings is 1. The number of nitrogens with two attached hydrogens (primary N) is 1. The number of halogens is 3. The number of ether oxygens (including phenoxy) is 1. The average Bonchev–Trinajstić information content (AvgIpc) is 3.50. The summed E-state index contributed by atoms with van der Waals surface area (Å²) in [5, 5.41) is 2.73. The van der Waals surface area contributed by atoms with Crippen molar-refractivity contribution in [1.82, 2.24) is 20.2 Å². The van der Waals surface area contributed by atoms with Crippen LogP contribution in [-0.4, -0.2) is 57.6 Å². The second-order valence-corrected chi connectivity index (χ2v) is 9.36. The number of aryl methyl sites for hydroxylation is 1. The van der Waals surface area contributed by atoms with Crippen molar-refractivity contribution >= 4 is 17.7 Å². The number of carbonyl (C=O) groups is 3. The number of amides is 3. The third-order valence-corrected chi connectivity index (χ3v) is 6.52. The van der Waals surface area contributed by atoms with Gasteiger partial charge in [-0.2, -0.15) is 0 Å². The highest BCUT2D eigenvalue weighted by Crippen LogP contribution is 2.50. The van der Waals surface area contributed by atoms with E-state index in [1.54, 1.807) is 13.0 Å². The molecule has 1 aliphatic carbocycles. The van der Waals surface area contributed by atoms with Gasteiger partial charge in [-0.25, -0.2) is 9.97 Å². The highest BCUT2D eigenvalue weighted by Gasteiger charge is 2.55. The van der Waals surface area contributed by atoms with Gasteiger partial charge in [-0.1, -0.05) is 18.1 Å². The Morgan fingerprint density at radius 2 is 1.95 bits per heavy atom. The van der Waals surface area contributed by atoms with Crippen LogP contribution in [0.4, 0.5) is 13.2 Å². The van der Waals surface area contributed by atoms with Gasteiger partial charge < -0.3 is 20.7 Å². The maximum atomic E-state index is 13.6. The first-order valence-electron chi connectivity index (χ1n) is 12.0. The summed E-state index contributed by atoms with van der Waals surface area (Å²) in [6, 6.07) is 5.25. The van der Waals surface area contributed by atoms with Crippen LogP contribution in [0.2, 0.25) is 0 Å². The van der Waals surface area contributed by atoms with Gasteiger partial charge in [-0.05, 0) is 62.3 Å². The average molecular weight is 530 g/mol. The van der Waals surface area contributed by atoms with E-state index < -0.39 is 35.7 Å². The summed E-state index contributed by atoms with van der Waals surface area (Å²) < 4.78 is 41.4. The van der Waals surface area contributed by atoms with Gasteiger partial charge in [0.15, 0.2) is 0 Å². The van der Waals surface area contributed by atoms with Gasteiger partial charge in [0.05, 0.1) is 17.9 Å². The highest BCUT2D eigenvalue weighted by atomic mass is 19.4. The van der Waals surface area contributed by atoms with Crippen molar-refractivity contribution in [3.63, 3.8) is 0 Å². The molecule has 9 nitrogen and oxygen atoms in total. The van der Waals surface area contributed by atoms with Gasteiger partial charge in [-0.3, -0.25) is 14.4 Å². The molecule has 1 aromatic carbocycles. The fourth-order valence-corrected chi connectivity index (χ4v) is 4.58. The minimum absolute atomic E-state index is 0.222. The molecule has 3 N–H and O–H groups in total. The first-order valence-corrected chi connectivity index (χ1v) is 12.0. The number of alkyl halides is 3. The SMILES string of the molecule is Cc1cc(C#C[C@H](CC(N)=O)NC(=O)[C@@H]2CCCN2C(=O)C2(c3ccc(OC(F)(F)F)cc3)CC2)ncn1. The summed E-state index contributed by atoms with van der Waals surface area (Å²) in [4.78, 5) is 47.9. The molecule has 1 aliphatic heterocycles. The molecule has 2 aromatic rings. The van der Waals surface area contributed by atoms with E-state index in [-0.39, 0.29) is 18.1 Å². The number of aromatic nitrogens is 2. The number of hydrogen-bond donors (Lipinski definition) is 2. The van der Waals surface area contributed by atoms with Gasteiger partial charge in [0, 0.05) is 12.2 Å². The summed E-state index contributed by atoms with van der Waals surface area (Å²) in [5.74, 6) is 3.88. The second-order valence-electron chi connectivity index (χ2n) is 9.36. The number of hydrogen-bond acceptors (Lipinski definition) is 6. The molecular formula is C26H26F3N5O4. The van der Waals surface area contributed by atoms with Crippen LogP contribution in [-0.2, 0) is 19.8 Å². The van der Waals surface area contributed by atoms with Gasteiger partial charge in [-0.15, -0.1) is 13.2 Å². The van der Waals surface area contributed by atoms with Gasteiger partial charge in [0.25, 0.3) is 0 Å². The fraction of sp³-hybridized carbons (Fsp3) is 0.423. The van der Waals surface area contributed by atoms with Crippen molar-refractivity contribution in [2.24, 2.45) is 5.73 Å². The molecule has 12 heteroatoms. The van der Waals surface area contributed by atoms with Crippen molar-refractivity contribution < 1.29 is 32.3 Å². The summed E-state index contributed by atoms with van der Waals surface area (Å²) in [6.45, 7) is 2.14. The van der Waals surface area contributed by atoms with E-state index in [9.17, 15) is 27.6 Å². The molecular weight excluding hydrogens is 503 g/mol. The molecule has 0 bridgehead atoms. The predicted octanol–water partition coefficient (Wildman–Crippen LogP) is 2.12. The largest absolute Gasteiger partial charge is 0.573 e. The van der Waals surface area contributed by atoms with E-state index in [1.165, 1.54) is 35.5 Å². The van der Waals surface area contributed by atoms with E-state index in [2.05, 4.69) is 31.9 Å². The quantitative estimate of drug-likeness (QED) is 0.529. The lowest BCUT2D eigenvalue weighted by atomic mass is 9.93. The zero-order valence-corrected chi connectivity index (χ0v) is 20.5. The Morgan fingerprint density at radius 3 is 2.55 bits per heavy atom. The smallest absolute Gasteiger partial charge is 0.406 e. The van der Waals surface area contributed by atoms with E-state index in [4.69, 9.17) is 5.73 Å². The van der Waals surface area contributed by atoms with Gasteiger partial charge in [0.2, 0.25) is 17.7 Å². The first-order chi connectivity index (χ1) is 18.0. The molecule has 2 aliphatic rings. The van der Waals surface area contributed by atoms with Crippen molar-refractivity contribution in [3.8, 4) is 17.6 Å². The Labute approximate surface area is 216 Å². The third kappa shape index (κ3) is 6.40. The van der Waals surface area contributed by atoms with Crippen LogP contribution >= 0.6 is 0 Å².